The molecule has 1 aliphatic heterocycles. The van der Waals surface area contributed by atoms with E-state index in [0.717, 1.165) is 10.8 Å². The van der Waals surface area contributed by atoms with Crippen molar-refractivity contribution in [3.8, 4) is 5.75 Å². The van der Waals surface area contributed by atoms with E-state index in [0.29, 0.717) is 5.39 Å². The highest BCUT2D eigenvalue weighted by atomic mass is 17.0. The summed E-state index contributed by atoms with van der Waals surface area (Å²) in [5.41, 5.74) is 6.46. The topological polar surface area (TPSA) is 168 Å². The maximum atomic E-state index is 13.1. The molecule has 37 heavy (non-hydrogen) atoms. The summed E-state index contributed by atoms with van der Waals surface area (Å²) in [5.74, 6) is -0.782. The number of aliphatic hydroxyl groups is 3. The lowest BCUT2D eigenvalue weighted by molar-refractivity contribution is -0.443. The Hall–Kier alpha value is -2.87. The molecule has 3 aromatic rings. The Morgan fingerprint density at radius 2 is 1.76 bits per heavy atom. The van der Waals surface area contributed by atoms with E-state index in [-0.39, 0.29) is 23.3 Å². The summed E-state index contributed by atoms with van der Waals surface area (Å²) in [6, 6.07) is 14.2. The first-order chi connectivity index (χ1) is 17.8. The summed E-state index contributed by atoms with van der Waals surface area (Å²) in [6.07, 6.45) is -4.91. The van der Waals surface area contributed by atoms with Gasteiger partial charge in [-0.25, -0.2) is 9.63 Å². The van der Waals surface area contributed by atoms with Crippen LogP contribution < -0.4 is 11.4 Å². The maximum absolute atomic E-state index is 13.1. The third kappa shape index (κ3) is 5.54. The first kappa shape index (κ1) is 27.2. The van der Waals surface area contributed by atoms with Crippen LogP contribution in [0.25, 0.3) is 11.0 Å². The van der Waals surface area contributed by atoms with E-state index in [2.05, 4.69) is 0 Å². The van der Waals surface area contributed by atoms with E-state index in [1.165, 1.54) is 7.11 Å². The van der Waals surface area contributed by atoms with E-state index >= 15 is 0 Å². The molecule has 2 aromatic carbocycles. The van der Waals surface area contributed by atoms with Gasteiger partial charge in [0.15, 0.2) is 6.29 Å². The number of aromatic hydroxyl groups is 1. The molecule has 2 heterocycles. The van der Waals surface area contributed by atoms with Gasteiger partial charge in [0, 0.05) is 5.92 Å². The quantitative estimate of drug-likeness (QED) is 0.203. The molecule has 0 spiro atoms. The van der Waals surface area contributed by atoms with Crippen LogP contribution in [0.3, 0.4) is 0 Å². The first-order valence-corrected chi connectivity index (χ1v) is 11.9. The number of nitrogens with zero attached hydrogens (tertiary/aromatic N) is 1. The second kappa shape index (κ2) is 11.7. The second-order valence-electron chi connectivity index (χ2n) is 9.05. The molecule has 11 heteroatoms. The standard InChI is InChI=1S/C26H32N2O9/c1-14(28(34-2)37-26-21(27)24(32)23(31)19(13-29)36-26)12-17(15-8-4-3-5-9-15)20-22(30)16-10-6-7-11-18(16)35-25(20)33/h3-11,14,17,19,21,23-24,26,29-32H,12-13,27H2,1-2H3/t14?,17?,19-,21-,23-,24-,26?/m1/s1. The number of hydroxylamine groups is 2. The molecule has 0 radical (unpaired) electrons. The van der Waals surface area contributed by atoms with Gasteiger partial charge in [-0.15, -0.1) is 0 Å². The lowest BCUT2D eigenvalue weighted by Gasteiger charge is -2.42. The summed E-state index contributed by atoms with van der Waals surface area (Å²) in [5, 5.41) is 42.4. The van der Waals surface area contributed by atoms with Gasteiger partial charge in [0.1, 0.15) is 29.6 Å². The van der Waals surface area contributed by atoms with Crippen LogP contribution in [0, 0.1) is 0 Å². The van der Waals surface area contributed by atoms with E-state index in [9.17, 15) is 25.2 Å². The Balaban J connectivity index is 1.64. The summed E-state index contributed by atoms with van der Waals surface area (Å²) in [7, 11) is 1.36. The zero-order valence-electron chi connectivity index (χ0n) is 20.5. The van der Waals surface area contributed by atoms with Crippen molar-refractivity contribution in [1.82, 2.24) is 5.23 Å². The fourth-order valence-corrected chi connectivity index (χ4v) is 4.62. The van der Waals surface area contributed by atoms with Gasteiger partial charge in [0.2, 0.25) is 0 Å². The number of rotatable bonds is 9. The van der Waals surface area contributed by atoms with Gasteiger partial charge in [0.25, 0.3) is 0 Å². The molecule has 1 aromatic heterocycles. The molecule has 4 rings (SSSR count). The van der Waals surface area contributed by atoms with Crippen LogP contribution in [-0.2, 0) is 14.4 Å². The average Bonchev–Trinajstić information content (AvgIpc) is 2.91. The molecular formula is C26H32N2O9. The monoisotopic (exact) mass is 516 g/mol. The van der Waals surface area contributed by atoms with Gasteiger partial charge in [-0.2, -0.15) is 0 Å². The second-order valence-corrected chi connectivity index (χ2v) is 9.05. The number of benzene rings is 2. The van der Waals surface area contributed by atoms with E-state index in [1.54, 1.807) is 31.2 Å². The minimum atomic E-state index is -1.40. The lowest BCUT2D eigenvalue weighted by atomic mass is 9.86. The number of para-hydroxylation sites is 1. The Bertz CT molecular complexity index is 1240. The molecule has 1 fully saturated rings. The van der Waals surface area contributed by atoms with Crippen LogP contribution in [0.5, 0.6) is 5.75 Å². The number of nitrogens with two attached hydrogens (primary N) is 1. The normalized spacial score (nSPS) is 25.9. The Morgan fingerprint density at radius 3 is 2.43 bits per heavy atom. The van der Waals surface area contributed by atoms with E-state index in [4.69, 9.17) is 24.6 Å². The zero-order chi connectivity index (χ0) is 26.7. The zero-order valence-corrected chi connectivity index (χ0v) is 20.5. The van der Waals surface area contributed by atoms with Crippen molar-refractivity contribution in [3.63, 3.8) is 0 Å². The van der Waals surface area contributed by atoms with Crippen LogP contribution in [0.1, 0.15) is 30.4 Å². The predicted octanol–water partition coefficient (Wildman–Crippen LogP) is 0.970. The van der Waals surface area contributed by atoms with Crippen molar-refractivity contribution in [3.05, 3.63) is 76.1 Å². The fourth-order valence-electron chi connectivity index (χ4n) is 4.62. The SMILES string of the molecule is CON(OC1O[C@H](CO)[C@@H](O)[C@H](O)[C@H]1N)C(C)CC(c1ccccc1)c1c(O)c2ccccc2oc1=O. The van der Waals surface area contributed by atoms with Crippen LogP contribution in [0.4, 0.5) is 0 Å². The van der Waals surface area contributed by atoms with Crippen LogP contribution in [-0.4, -0.2) is 76.1 Å². The Morgan fingerprint density at radius 1 is 1.08 bits per heavy atom. The minimum Gasteiger partial charge on any atom is -0.507 e. The molecule has 6 N–H and O–H groups in total. The van der Waals surface area contributed by atoms with Crippen LogP contribution >= 0.6 is 0 Å². The van der Waals surface area contributed by atoms with Crippen molar-refractivity contribution in [1.29, 1.82) is 0 Å². The summed E-state index contributed by atoms with van der Waals surface area (Å²) in [6.45, 7) is 1.21. The predicted molar refractivity (Wildman–Crippen MR) is 132 cm³/mol. The Labute approximate surface area is 213 Å². The smallest absolute Gasteiger partial charge is 0.343 e. The summed E-state index contributed by atoms with van der Waals surface area (Å²) < 4.78 is 11.1. The van der Waals surface area contributed by atoms with Crippen molar-refractivity contribution in [2.24, 2.45) is 5.73 Å². The van der Waals surface area contributed by atoms with Crippen molar-refractivity contribution >= 4 is 11.0 Å². The fraction of sp³-hybridized carbons (Fsp3) is 0.423. The summed E-state index contributed by atoms with van der Waals surface area (Å²) in [4.78, 5) is 24.3. The number of hydrogen-bond acceptors (Lipinski definition) is 11. The molecule has 1 aliphatic rings. The van der Waals surface area contributed by atoms with Gasteiger partial charge in [0.05, 0.1) is 36.8 Å². The summed E-state index contributed by atoms with van der Waals surface area (Å²) >= 11 is 0. The molecule has 0 aliphatic carbocycles. The largest absolute Gasteiger partial charge is 0.507 e. The van der Waals surface area contributed by atoms with Gasteiger partial charge >= 0.3 is 5.63 Å². The van der Waals surface area contributed by atoms with E-state index in [1.807, 2.05) is 30.3 Å². The number of fused-ring (bicyclic) bond motifs is 1. The molecule has 200 valence electrons. The molecule has 11 nitrogen and oxygen atoms in total. The number of hydrogen-bond donors (Lipinski definition) is 5. The Kier molecular flexibility index (Phi) is 8.57. The lowest BCUT2D eigenvalue weighted by Crippen LogP contribution is -2.63. The van der Waals surface area contributed by atoms with Gasteiger partial charge in [-0.1, -0.05) is 47.7 Å². The van der Waals surface area contributed by atoms with Crippen LogP contribution in [0.2, 0.25) is 0 Å². The van der Waals surface area contributed by atoms with Crippen molar-refractivity contribution in [2.45, 2.75) is 55.9 Å². The van der Waals surface area contributed by atoms with E-state index < -0.39 is 54.8 Å². The minimum absolute atomic E-state index is 0.0947. The van der Waals surface area contributed by atoms with Crippen molar-refractivity contribution in [2.75, 3.05) is 13.7 Å². The number of aliphatic hydroxyl groups excluding tert-OH is 3. The molecule has 1 saturated heterocycles. The highest BCUT2D eigenvalue weighted by molar-refractivity contribution is 5.84. The average molecular weight is 517 g/mol. The molecule has 0 bridgehead atoms. The molecule has 0 saturated carbocycles. The molecule has 3 unspecified atom stereocenters. The highest BCUT2D eigenvalue weighted by Gasteiger charge is 2.44. The van der Waals surface area contributed by atoms with Gasteiger partial charge in [-0.3, -0.25) is 4.84 Å². The third-order valence-corrected chi connectivity index (χ3v) is 6.62. The molecule has 7 atom stereocenters. The number of ether oxygens (including phenoxy) is 1. The molecular weight excluding hydrogens is 484 g/mol. The van der Waals surface area contributed by atoms with Crippen molar-refractivity contribution < 1.29 is 39.3 Å². The van der Waals surface area contributed by atoms with Gasteiger partial charge in [-0.05, 0) is 31.0 Å². The molecule has 0 amide bonds. The maximum Gasteiger partial charge on any atom is 0.343 e. The third-order valence-electron chi connectivity index (χ3n) is 6.62. The highest BCUT2D eigenvalue weighted by Crippen LogP contribution is 2.37. The first-order valence-electron chi connectivity index (χ1n) is 11.9. The van der Waals surface area contributed by atoms with Crippen LogP contribution in [0.15, 0.2) is 63.8 Å². The van der Waals surface area contributed by atoms with Gasteiger partial charge < -0.3 is 35.3 Å².